The molecule has 0 spiro atoms. The van der Waals surface area contributed by atoms with Gasteiger partial charge in [0.15, 0.2) is 31.5 Å². The number of aliphatic hydroxyl groups excluding tert-OH is 15. The van der Waals surface area contributed by atoms with E-state index in [9.17, 15) is 91.0 Å². The lowest BCUT2D eigenvalue weighted by atomic mass is 9.94. The molecular weight excluding hydrogens is 1430 g/mol. The van der Waals surface area contributed by atoms with E-state index in [2.05, 4.69) is 29.8 Å². The van der Waals surface area contributed by atoms with E-state index in [-0.39, 0.29) is 12.3 Å². The second-order valence-corrected chi connectivity index (χ2v) is 30.7. The van der Waals surface area contributed by atoms with Crippen LogP contribution in [0.4, 0.5) is 0 Å². The Kier molecular flexibility index (Phi) is 48.7. The molecule has 5 fully saturated rings. The van der Waals surface area contributed by atoms with Gasteiger partial charge in [0.25, 0.3) is 0 Å². The predicted molar refractivity (Wildman–Crippen MR) is 398 cm³/mol. The second kappa shape index (κ2) is 54.9. The molecule has 31 heteroatoms. The summed E-state index contributed by atoms with van der Waals surface area (Å²) < 4.78 is 60.2. The number of unbranched alkanes of at least 4 members (excludes halogenated alkanes) is 33. The zero-order valence-corrected chi connectivity index (χ0v) is 65.5. The third-order valence-electron chi connectivity index (χ3n) is 21.6. The number of nitrogens with one attached hydrogen (secondary N) is 3. The zero-order chi connectivity index (χ0) is 79.6. The number of hydrogen-bond acceptors (Lipinski definition) is 28. The van der Waals surface area contributed by atoms with Crippen molar-refractivity contribution < 1.29 is 138 Å². The summed E-state index contributed by atoms with van der Waals surface area (Å²) >= 11 is 0. The Morgan fingerprint density at radius 3 is 1.10 bits per heavy atom. The van der Waals surface area contributed by atoms with Crippen molar-refractivity contribution in [1.82, 2.24) is 16.0 Å². The molecule has 0 bridgehead atoms. The number of amides is 3. The summed E-state index contributed by atoms with van der Waals surface area (Å²) in [5.41, 5.74) is 0. The Morgan fingerprint density at radius 2 is 0.688 bits per heavy atom. The molecule has 0 aliphatic carbocycles. The smallest absolute Gasteiger partial charge is 0.220 e. The van der Waals surface area contributed by atoms with Gasteiger partial charge in [-0.05, 0) is 19.3 Å². The average Bonchev–Trinajstić information content (AvgIpc) is 0.765. The molecular formula is C78H143N3O28. The van der Waals surface area contributed by atoms with Crippen LogP contribution < -0.4 is 16.0 Å². The first kappa shape index (κ1) is 96.7. The fraction of sp³-hybridized carbons (Fsp3) is 0.936. The van der Waals surface area contributed by atoms with Crippen molar-refractivity contribution in [2.75, 3.05) is 39.6 Å². The largest absolute Gasteiger partial charge is 0.394 e. The molecule has 5 rings (SSSR count). The maximum Gasteiger partial charge on any atom is 0.220 e. The Labute approximate surface area is 645 Å². The fourth-order valence-corrected chi connectivity index (χ4v) is 15.0. The highest BCUT2D eigenvalue weighted by Crippen LogP contribution is 2.38. The van der Waals surface area contributed by atoms with Crippen molar-refractivity contribution in [3.05, 3.63) is 12.2 Å². The normalized spacial score (nSPS) is 33.6. The number of aliphatic hydroxyl groups is 15. The standard InChI is InChI=1S/C78H143N3O28/c1-5-7-9-11-13-15-17-19-20-21-22-23-24-25-26-27-28-30-32-34-36-38-40-42-58(90)81-51(52(89)41-39-37-35-33-31-29-18-16-14-12-10-8-6-2)48-100-76-67(97)66(96)70(56(46-85)104-76)106-78-69(99)73(71(57(47-86)105-78)107-74-59(79-49(3)87)64(94)61(91)53(43-82)101-74)109-77-68(98)72(63(93)55(45-84)103-77)108-75-60(80-50(4)88)65(95)62(92)54(44-83)102-75/h39,41,51-57,59-78,82-86,89,91-99H,5-38,40,42-48H2,1-4H3,(H,79,87)(H,80,88)(H,81,90)/b41-39+/t51-,52+,53?,54?,55?,56?,57?,59?,60?,61-,62+,63-,64+,65+,66+,67?,68?,69?,70+,71-,72-,73+,74-,75-,76+,77+,78-/m0/s1. The molecule has 0 radical (unpaired) electrons. The Bertz CT molecular complexity index is 2420. The molecule has 10 unspecified atom stereocenters. The van der Waals surface area contributed by atoms with Crippen LogP contribution in [0, 0.1) is 0 Å². The lowest BCUT2D eigenvalue weighted by Gasteiger charge is -2.51. The van der Waals surface area contributed by atoms with Crippen molar-refractivity contribution in [3.8, 4) is 0 Å². The summed E-state index contributed by atoms with van der Waals surface area (Å²) in [6, 6.07) is -4.38. The number of carbonyl (C=O) groups excluding carboxylic acids is 3. The van der Waals surface area contributed by atoms with E-state index in [0.29, 0.717) is 12.8 Å². The maximum atomic E-state index is 13.6. The van der Waals surface area contributed by atoms with Crippen LogP contribution in [-0.4, -0.2) is 300 Å². The van der Waals surface area contributed by atoms with E-state index in [1.54, 1.807) is 6.08 Å². The first-order valence-corrected chi connectivity index (χ1v) is 41.5. The molecule has 5 aliphatic rings. The van der Waals surface area contributed by atoms with Crippen LogP contribution >= 0.6 is 0 Å². The molecule has 5 heterocycles. The Balaban J connectivity index is 1.25. The molecule has 18 N–H and O–H groups in total. The van der Waals surface area contributed by atoms with Gasteiger partial charge in [0.1, 0.15) is 122 Å². The third kappa shape index (κ3) is 33.0. The molecule has 3 amide bonds. The van der Waals surface area contributed by atoms with E-state index in [0.717, 1.165) is 65.2 Å². The molecule has 0 aromatic rings. The minimum atomic E-state index is -2.31. The van der Waals surface area contributed by atoms with Gasteiger partial charge >= 0.3 is 0 Å². The summed E-state index contributed by atoms with van der Waals surface area (Å²) in [7, 11) is 0. The van der Waals surface area contributed by atoms with Crippen LogP contribution in [0.25, 0.3) is 0 Å². The van der Waals surface area contributed by atoms with E-state index < -0.39 is 217 Å². The van der Waals surface area contributed by atoms with Gasteiger partial charge in [0, 0.05) is 20.3 Å². The van der Waals surface area contributed by atoms with Crippen molar-refractivity contribution in [1.29, 1.82) is 0 Å². The van der Waals surface area contributed by atoms with Gasteiger partial charge in [-0.3, -0.25) is 14.4 Å². The molecule has 31 nitrogen and oxygen atoms in total. The van der Waals surface area contributed by atoms with Gasteiger partial charge in [-0.25, -0.2) is 0 Å². The van der Waals surface area contributed by atoms with Crippen LogP contribution in [0.2, 0.25) is 0 Å². The van der Waals surface area contributed by atoms with Crippen LogP contribution in [0.5, 0.6) is 0 Å². The molecule has 638 valence electrons. The van der Waals surface area contributed by atoms with E-state index in [1.165, 1.54) is 161 Å². The third-order valence-corrected chi connectivity index (χ3v) is 21.6. The average molecular weight is 1570 g/mol. The van der Waals surface area contributed by atoms with Crippen LogP contribution in [0.3, 0.4) is 0 Å². The zero-order valence-electron chi connectivity index (χ0n) is 65.5. The lowest BCUT2D eigenvalue weighted by molar-refractivity contribution is -0.400. The monoisotopic (exact) mass is 1570 g/mol. The van der Waals surface area contributed by atoms with Crippen LogP contribution in [0.15, 0.2) is 12.2 Å². The number of hydrogen-bond donors (Lipinski definition) is 18. The van der Waals surface area contributed by atoms with Gasteiger partial charge in [-0.1, -0.05) is 231 Å². The summed E-state index contributed by atoms with van der Waals surface area (Å²) in [4.78, 5) is 38.5. The predicted octanol–water partition coefficient (Wildman–Crippen LogP) is 2.87. The van der Waals surface area contributed by atoms with Gasteiger partial charge in [-0.15, -0.1) is 0 Å². The molecule has 0 aromatic heterocycles. The van der Waals surface area contributed by atoms with Crippen molar-refractivity contribution >= 4 is 17.7 Å². The molecule has 109 heavy (non-hydrogen) atoms. The second-order valence-electron chi connectivity index (χ2n) is 30.7. The quantitative estimate of drug-likeness (QED) is 0.0307. The first-order chi connectivity index (χ1) is 52.6. The molecule has 0 aromatic carbocycles. The molecule has 0 saturated carbocycles. The number of ether oxygens (including phenoxy) is 10. The molecule has 27 atom stereocenters. The van der Waals surface area contributed by atoms with Gasteiger partial charge in [0.05, 0.1) is 51.8 Å². The Hall–Kier alpha value is -2.85. The molecule has 5 saturated heterocycles. The number of rotatable bonds is 57. The van der Waals surface area contributed by atoms with Crippen molar-refractivity contribution in [3.63, 3.8) is 0 Å². The summed E-state index contributed by atoms with van der Waals surface area (Å²) in [5.74, 6) is -1.88. The SMILES string of the molecule is CCCCCCCCCCCCC/C=C/[C@@H](O)[C@H](CO[C@@H]1OC(CO)[C@@H](O[C@@H]2OC(CO)[C@H](O[C@@H]3OC(CO)[C@H](O)[C@H](O)C3NC(C)=O)[C@H](O[C@H]3OC(CO)[C@H](O)[C@H](O[C@@H]4OC(CO)[C@@H](O)[C@H](O)C4NC(C)=O)C3O)C2O)[C@H](O)C1O)NC(=O)CCCCCCCCCCCCCCCCCCCCCCCCC. The number of allylic oxidation sites excluding steroid dienone is 1. The highest BCUT2D eigenvalue weighted by atomic mass is 16.8. The topological polar surface area (TPSA) is 483 Å². The van der Waals surface area contributed by atoms with Gasteiger partial charge in [0.2, 0.25) is 17.7 Å². The van der Waals surface area contributed by atoms with E-state index >= 15 is 0 Å². The molecule has 5 aliphatic heterocycles. The van der Waals surface area contributed by atoms with Crippen molar-refractivity contribution in [2.24, 2.45) is 0 Å². The summed E-state index contributed by atoms with van der Waals surface area (Å²) in [6.07, 6.45) is 0.216. The highest BCUT2D eigenvalue weighted by Gasteiger charge is 2.58. The van der Waals surface area contributed by atoms with Crippen LogP contribution in [-0.2, 0) is 61.8 Å². The van der Waals surface area contributed by atoms with Gasteiger partial charge in [-0.2, -0.15) is 0 Å². The lowest BCUT2D eigenvalue weighted by Crippen LogP contribution is -2.70. The van der Waals surface area contributed by atoms with Gasteiger partial charge < -0.3 is 140 Å². The highest BCUT2D eigenvalue weighted by molar-refractivity contribution is 5.76. The Morgan fingerprint density at radius 1 is 0.358 bits per heavy atom. The van der Waals surface area contributed by atoms with E-state index in [4.69, 9.17) is 47.4 Å². The summed E-state index contributed by atoms with van der Waals surface area (Å²) in [6.45, 7) is 1.23. The maximum absolute atomic E-state index is 13.6. The first-order valence-electron chi connectivity index (χ1n) is 41.5. The summed E-state index contributed by atoms with van der Waals surface area (Å²) in [5, 5.41) is 176. The number of carbonyl (C=O) groups is 3. The van der Waals surface area contributed by atoms with Crippen LogP contribution in [0.1, 0.15) is 259 Å². The minimum absolute atomic E-state index is 0.170. The van der Waals surface area contributed by atoms with E-state index in [1.807, 2.05) is 6.08 Å². The minimum Gasteiger partial charge on any atom is -0.394 e. The fourth-order valence-electron chi connectivity index (χ4n) is 15.0. The van der Waals surface area contributed by atoms with Crippen molar-refractivity contribution in [2.45, 2.75) is 424 Å².